The minimum absolute atomic E-state index is 0.318. The summed E-state index contributed by atoms with van der Waals surface area (Å²) in [7, 11) is 1.80. The minimum atomic E-state index is -0.381. The second-order valence-electron chi connectivity index (χ2n) is 4.04. The van der Waals surface area contributed by atoms with Gasteiger partial charge in [0.1, 0.15) is 17.2 Å². The van der Waals surface area contributed by atoms with Crippen LogP contribution in [-0.4, -0.2) is 14.5 Å². The molecule has 2 N–H and O–H groups in total. The van der Waals surface area contributed by atoms with Crippen molar-refractivity contribution in [1.82, 2.24) is 14.5 Å². The fraction of sp³-hybridized carbons (Fsp3) is 0.0769. The molecule has 0 unspecified atom stereocenters. The highest BCUT2D eigenvalue weighted by Crippen LogP contribution is 2.29. The molecule has 3 aromatic rings. The highest BCUT2D eigenvalue weighted by atomic mass is 19.1. The van der Waals surface area contributed by atoms with E-state index >= 15 is 0 Å². The predicted octanol–water partition coefficient (Wildman–Crippen LogP) is 2.36. The van der Waals surface area contributed by atoms with Gasteiger partial charge < -0.3 is 10.3 Å². The minimum Gasteiger partial charge on any atom is -0.398 e. The van der Waals surface area contributed by atoms with E-state index in [1.54, 1.807) is 36.0 Å². The van der Waals surface area contributed by atoms with Gasteiger partial charge in [-0.15, -0.1) is 0 Å². The summed E-state index contributed by atoms with van der Waals surface area (Å²) in [5, 5.41) is 0. The number of hydrogen-bond acceptors (Lipinski definition) is 3. The molecule has 90 valence electrons. The van der Waals surface area contributed by atoms with Crippen molar-refractivity contribution in [3.05, 3.63) is 42.3 Å². The summed E-state index contributed by atoms with van der Waals surface area (Å²) in [5.41, 5.74) is 7.94. The molecule has 2 aromatic heterocycles. The van der Waals surface area contributed by atoms with Crippen LogP contribution in [0.3, 0.4) is 0 Å². The van der Waals surface area contributed by atoms with Crippen molar-refractivity contribution in [2.45, 2.75) is 0 Å². The zero-order valence-corrected chi connectivity index (χ0v) is 9.76. The second-order valence-corrected chi connectivity index (χ2v) is 4.04. The van der Waals surface area contributed by atoms with Gasteiger partial charge in [0.25, 0.3) is 0 Å². The monoisotopic (exact) mass is 242 g/mol. The smallest absolute Gasteiger partial charge is 0.160 e. The molecule has 0 spiro atoms. The molecule has 4 nitrogen and oxygen atoms in total. The maximum atomic E-state index is 13.9. The number of nitrogens with zero attached hydrogens (tertiary/aromatic N) is 3. The number of anilines is 1. The first-order chi connectivity index (χ1) is 8.68. The average Bonchev–Trinajstić information content (AvgIpc) is 2.68. The lowest BCUT2D eigenvalue weighted by Crippen LogP contribution is -1.99. The number of halogens is 1. The number of nitrogen functional groups attached to an aromatic ring is 1. The third-order valence-corrected chi connectivity index (χ3v) is 2.90. The highest BCUT2D eigenvalue weighted by Gasteiger charge is 2.16. The Labute approximate surface area is 103 Å². The number of pyridine rings is 1. The van der Waals surface area contributed by atoms with Gasteiger partial charge >= 0.3 is 0 Å². The number of aromatic nitrogens is 3. The lowest BCUT2D eigenvalue weighted by Gasteiger charge is -2.06. The van der Waals surface area contributed by atoms with Crippen molar-refractivity contribution in [2.24, 2.45) is 7.05 Å². The Morgan fingerprint density at radius 2 is 2.06 bits per heavy atom. The Hall–Kier alpha value is -2.43. The number of rotatable bonds is 1. The molecule has 0 aliphatic carbocycles. The average molecular weight is 242 g/mol. The second kappa shape index (κ2) is 3.80. The molecule has 18 heavy (non-hydrogen) atoms. The first kappa shape index (κ1) is 10.7. The molecule has 0 amide bonds. The van der Waals surface area contributed by atoms with Crippen molar-refractivity contribution in [2.75, 3.05) is 5.73 Å². The van der Waals surface area contributed by atoms with E-state index in [-0.39, 0.29) is 5.82 Å². The van der Waals surface area contributed by atoms with Crippen LogP contribution in [0.1, 0.15) is 0 Å². The number of benzene rings is 1. The van der Waals surface area contributed by atoms with Gasteiger partial charge in [-0.1, -0.05) is 6.07 Å². The maximum absolute atomic E-state index is 13.9. The summed E-state index contributed by atoms with van der Waals surface area (Å²) in [5.74, 6) is 0.104. The standard InChI is InChI=1S/C13H11FN4/c1-18-12-10(6-3-7-16-12)17-13(18)11-8(14)4-2-5-9(11)15/h2-7H,15H2,1H3. The molecule has 0 bridgehead atoms. The van der Waals surface area contributed by atoms with Gasteiger partial charge in [-0.25, -0.2) is 14.4 Å². The largest absolute Gasteiger partial charge is 0.398 e. The van der Waals surface area contributed by atoms with E-state index in [1.807, 2.05) is 6.07 Å². The third kappa shape index (κ3) is 1.44. The SMILES string of the molecule is Cn1c(-c2c(N)cccc2F)nc2cccnc21. The molecule has 0 saturated heterocycles. The summed E-state index contributed by atoms with van der Waals surface area (Å²) in [4.78, 5) is 8.61. The van der Waals surface area contributed by atoms with E-state index in [0.717, 1.165) is 5.52 Å². The van der Waals surface area contributed by atoms with Crippen LogP contribution >= 0.6 is 0 Å². The Kier molecular flexibility index (Phi) is 2.26. The van der Waals surface area contributed by atoms with Gasteiger partial charge in [0.2, 0.25) is 0 Å². The van der Waals surface area contributed by atoms with Gasteiger partial charge in [0, 0.05) is 18.9 Å². The zero-order chi connectivity index (χ0) is 12.7. The fourth-order valence-electron chi connectivity index (χ4n) is 2.02. The van der Waals surface area contributed by atoms with E-state index in [2.05, 4.69) is 9.97 Å². The maximum Gasteiger partial charge on any atom is 0.160 e. The van der Waals surface area contributed by atoms with Crippen molar-refractivity contribution in [3.8, 4) is 11.4 Å². The molecule has 2 heterocycles. The molecule has 0 saturated carbocycles. The molecule has 0 aliphatic rings. The molecule has 3 rings (SSSR count). The number of hydrogen-bond donors (Lipinski definition) is 1. The summed E-state index contributed by atoms with van der Waals surface area (Å²) < 4.78 is 15.6. The van der Waals surface area contributed by atoms with E-state index in [4.69, 9.17) is 5.73 Å². The van der Waals surface area contributed by atoms with Crippen LogP contribution in [0.15, 0.2) is 36.5 Å². The number of imidazole rings is 1. The molecule has 0 atom stereocenters. The van der Waals surface area contributed by atoms with E-state index in [1.165, 1.54) is 6.07 Å². The van der Waals surface area contributed by atoms with Crippen LogP contribution in [0, 0.1) is 5.82 Å². The van der Waals surface area contributed by atoms with Crippen LogP contribution in [0.25, 0.3) is 22.6 Å². The highest BCUT2D eigenvalue weighted by molar-refractivity contribution is 5.81. The molecule has 0 fully saturated rings. The van der Waals surface area contributed by atoms with Gasteiger partial charge in [0.15, 0.2) is 5.65 Å². The summed E-state index contributed by atoms with van der Waals surface area (Å²) in [6, 6.07) is 8.24. The summed E-state index contributed by atoms with van der Waals surface area (Å²) in [6.45, 7) is 0. The number of fused-ring (bicyclic) bond motifs is 1. The molecule has 0 aliphatic heterocycles. The first-order valence-corrected chi connectivity index (χ1v) is 5.50. The van der Waals surface area contributed by atoms with Crippen LogP contribution < -0.4 is 5.73 Å². The van der Waals surface area contributed by atoms with Gasteiger partial charge in [-0.3, -0.25) is 0 Å². The van der Waals surface area contributed by atoms with E-state index in [0.29, 0.717) is 22.7 Å². The Balaban J connectivity index is 2.36. The Morgan fingerprint density at radius 3 is 2.78 bits per heavy atom. The first-order valence-electron chi connectivity index (χ1n) is 5.50. The molecular formula is C13H11FN4. The van der Waals surface area contributed by atoms with Crippen LogP contribution in [0.4, 0.5) is 10.1 Å². The molecular weight excluding hydrogens is 231 g/mol. The lowest BCUT2D eigenvalue weighted by molar-refractivity contribution is 0.629. The molecule has 0 radical (unpaired) electrons. The third-order valence-electron chi connectivity index (χ3n) is 2.90. The van der Waals surface area contributed by atoms with Crippen molar-refractivity contribution >= 4 is 16.9 Å². The number of nitrogens with two attached hydrogens (primary N) is 1. The quantitative estimate of drug-likeness (QED) is 0.666. The van der Waals surface area contributed by atoms with Crippen molar-refractivity contribution in [1.29, 1.82) is 0 Å². The van der Waals surface area contributed by atoms with Crippen LogP contribution in [0.5, 0.6) is 0 Å². The summed E-state index contributed by atoms with van der Waals surface area (Å²) >= 11 is 0. The predicted molar refractivity (Wildman–Crippen MR) is 68.3 cm³/mol. The normalized spacial score (nSPS) is 11.0. The van der Waals surface area contributed by atoms with E-state index < -0.39 is 0 Å². The van der Waals surface area contributed by atoms with Gasteiger partial charge in [0.05, 0.1) is 5.56 Å². The number of aryl methyl sites for hydroxylation is 1. The molecule has 5 heteroatoms. The van der Waals surface area contributed by atoms with Gasteiger partial charge in [-0.05, 0) is 24.3 Å². The Morgan fingerprint density at radius 1 is 1.22 bits per heavy atom. The van der Waals surface area contributed by atoms with Gasteiger partial charge in [-0.2, -0.15) is 0 Å². The van der Waals surface area contributed by atoms with Crippen molar-refractivity contribution in [3.63, 3.8) is 0 Å². The topological polar surface area (TPSA) is 56.7 Å². The lowest BCUT2D eigenvalue weighted by atomic mass is 10.1. The van der Waals surface area contributed by atoms with Crippen LogP contribution in [0.2, 0.25) is 0 Å². The zero-order valence-electron chi connectivity index (χ0n) is 9.76. The van der Waals surface area contributed by atoms with Crippen LogP contribution in [-0.2, 0) is 7.05 Å². The van der Waals surface area contributed by atoms with Crippen molar-refractivity contribution < 1.29 is 4.39 Å². The fourth-order valence-corrected chi connectivity index (χ4v) is 2.02. The summed E-state index contributed by atoms with van der Waals surface area (Å²) in [6.07, 6.45) is 1.68. The Bertz CT molecular complexity index is 713. The molecule has 1 aromatic carbocycles. The van der Waals surface area contributed by atoms with E-state index in [9.17, 15) is 4.39 Å².